The van der Waals surface area contributed by atoms with E-state index in [0.29, 0.717) is 6.42 Å². The van der Waals surface area contributed by atoms with E-state index in [9.17, 15) is 4.79 Å². The van der Waals surface area contributed by atoms with Crippen molar-refractivity contribution in [1.29, 1.82) is 0 Å². The van der Waals surface area contributed by atoms with Gasteiger partial charge in [0, 0.05) is 35.5 Å². The summed E-state index contributed by atoms with van der Waals surface area (Å²) in [6, 6.07) is 29.4. The molecule has 3 heteroatoms. The predicted octanol–water partition coefficient (Wildman–Crippen LogP) is 6.03. The van der Waals surface area contributed by atoms with Crippen molar-refractivity contribution in [1.82, 2.24) is 9.88 Å². The fraction of sp³-hybridized carbons (Fsp3) is 0.250. The number of carbonyl (C=O) groups excluding carboxylic acids is 1. The zero-order valence-electron chi connectivity index (χ0n) is 17.9. The Morgan fingerprint density at radius 3 is 2.42 bits per heavy atom. The maximum Gasteiger partial charge on any atom is 0.223 e. The second kappa shape index (κ2) is 8.43. The van der Waals surface area contributed by atoms with Crippen LogP contribution in [0.15, 0.2) is 84.9 Å². The van der Waals surface area contributed by atoms with Crippen LogP contribution in [0, 0.1) is 0 Å². The number of amides is 1. The fourth-order valence-corrected chi connectivity index (χ4v) is 5.05. The quantitative estimate of drug-likeness (QED) is 0.430. The number of nitrogens with zero attached hydrogens (tertiary/aromatic N) is 1. The van der Waals surface area contributed by atoms with E-state index in [1.165, 1.54) is 27.8 Å². The number of carbonyl (C=O) groups is 1. The van der Waals surface area contributed by atoms with E-state index >= 15 is 0 Å². The highest BCUT2D eigenvalue weighted by Gasteiger charge is 2.36. The summed E-state index contributed by atoms with van der Waals surface area (Å²) in [4.78, 5) is 19.3. The summed E-state index contributed by atoms with van der Waals surface area (Å²) in [7, 11) is 0. The Bertz CT molecular complexity index is 1180. The number of fused-ring (bicyclic) bond motifs is 3. The molecule has 2 atom stereocenters. The summed E-state index contributed by atoms with van der Waals surface area (Å²) in [6.45, 7) is 3.02. The third kappa shape index (κ3) is 3.76. The topological polar surface area (TPSA) is 36.1 Å². The van der Waals surface area contributed by atoms with Crippen molar-refractivity contribution < 1.29 is 4.79 Å². The number of hydrogen-bond donors (Lipinski definition) is 1. The maximum atomic E-state index is 13.5. The minimum absolute atomic E-state index is 0.0156. The van der Waals surface area contributed by atoms with Gasteiger partial charge in [0.05, 0.1) is 6.04 Å². The van der Waals surface area contributed by atoms with Gasteiger partial charge >= 0.3 is 0 Å². The number of H-pyrrole nitrogens is 1. The summed E-state index contributed by atoms with van der Waals surface area (Å²) in [5.41, 5.74) is 6.22. The smallest absolute Gasteiger partial charge is 0.223 e. The van der Waals surface area contributed by atoms with Crippen molar-refractivity contribution in [3.8, 4) is 0 Å². The van der Waals surface area contributed by atoms with Gasteiger partial charge in [-0.15, -0.1) is 0 Å². The Labute approximate surface area is 183 Å². The largest absolute Gasteiger partial charge is 0.356 e. The first kappa shape index (κ1) is 19.6. The van der Waals surface area contributed by atoms with Crippen LogP contribution in [0.3, 0.4) is 0 Å². The van der Waals surface area contributed by atoms with Crippen molar-refractivity contribution in [2.24, 2.45) is 0 Å². The van der Waals surface area contributed by atoms with Gasteiger partial charge in [-0.05, 0) is 35.6 Å². The molecule has 0 bridgehead atoms. The molecule has 1 N–H and O–H groups in total. The molecule has 0 radical (unpaired) electrons. The minimum atomic E-state index is 0.0156. The molecule has 2 heterocycles. The number of nitrogens with one attached hydrogen (secondary N) is 1. The lowest BCUT2D eigenvalue weighted by molar-refractivity contribution is -0.134. The van der Waals surface area contributed by atoms with Gasteiger partial charge in [0.25, 0.3) is 0 Å². The van der Waals surface area contributed by atoms with E-state index in [0.717, 1.165) is 24.9 Å². The second-order valence-corrected chi connectivity index (χ2v) is 8.53. The number of aromatic amines is 1. The first-order valence-corrected chi connectivity index (χ1v) is 11.2. The van der Waals surface area contributed by atoms with E-state index in [4.69, 9.17) is 0 Å². The van der Waals surface area contributed by atoms with Crippen molar-refractivity contribution in [3.63, 3.8) is 0 Å². The summed E-state index contributed by atoms with van der Waals surface area (Å²) < 4.78 is 0. The molecule has 3 nitrogen and oxygen atoms in total. The monoisotopic (exact) mass is 408 g/mol. The third-order valence-electron chi connectivity index (χ3n) is 6.67. The lowest BCUT2D eigenvalue weighted by Crippen LogP contribution is -2.42. The van der Waals surface area contributed by atoms with Crippen LogP contribution in [0.2, 0.25) is 0 Å². The number of aromatic nitrogens is 1. The van der Waals surface area contributed by atoms with Gasteiger partial charge in [-0.2, -0.15) is 0 Å². The van der Waals surface area contributed by atoms with Crippen molar-refractivity contribution in [2.45, 2.75) is 38.1 Å². The highest BCUT2D eigenvalue weighted by molar-refractivity contribution is 5.86. The molecule has 0 spiro atoms. The number of benzene rings is 3. The van der Waals surface area contributed by atoms with E-state index in [1.54, 1.807) is 0 Å². The molecule has 0 saturated heterocycles. The van der Waals surface area contributed by atoms with Gasteiger partial charge in [-0.25, -0.2) is 0 Å². The summed E-state index contributed by atoms with van der Waals surface area (Å²) >= 11 is 0. The minimum Gasteiger partial charge on any atom is -0.356 e. The normalized spacial score (nSPS) is 16.8. The van der Waals surface area contributed by atoms with Gasteiger partial charge in [-0.1, -0.05) is 85.8 Å². The summed E-state index contributed by atoms with van der Waals surface area (Å²) in [5, 5.41) is 1.29. The molecule has 1 amide bonds. The van der Waals surface area contributed by atoms with Crippen LogP contribution in [-0.4, -0.2) is 22.3 Å². The summed E-state index contributed by atoms with van der Waals surface area (Å²) in [5.74, 6) is 0.440. The first-order valence-electron chi connectivity index (χ1n) is 11.2. The number of para-hydroxylation sites is 1. The summed E-state index contributed by atoms with van der Waals surface area (Å²) in [6.07, 6.45) is 2.22. The molecular formula is C28H28N2O. The SMILES string of the molecule is CC(c1ccccc1)C1c2[nH]c3ccccc3c2CCN1C(=O)CCc1ccccc1. The molecule has 0 fully saturated rings. The molecule has 1 aliphatic heterocycles. The lowest BCUT2D eigenvalue weighted by Gasteiger charge is -2.39. The zero-order chi connectivity index (χ0) is 21.2. The van der Waals surface area contributed by atoms with Crippen LogP contribution in [0.4, 0.5) is 0 Å². The predicted molar refractivity (Wildman–Crippen MR) is 126 cm³/mol. The molecule has 0 aliphatic carbocycles. The zero-order valence-corrected chi connectivity index (χ0v) is 17.9. The Morgan fingerprint density at radius 2 is 1.65 bits per heavy atom. The highest BCUT2D eigenvalue weighted by Crippen LogP contribution is 2.42. The molecule has 4 aromatic rings. The molecule has 2 unspecified atom stereocenters. The third-order valence-corrected chi connectivity index (χ3v) is 6.67. The maximum absolute atomic E-state index is 13.5. The molecule has 0 saturated carbocycles. The second-order valence-electron chi connectivity index (χ2n) is 8.53. The van der Waals surface area contributed by atoms with Crippen LogP contribution in [-0.2, 0) is 17.6 Å². The van der Waals surface area contributed by atoms with Crippen molar-refractivity contribution in [3.05, 3.63) is 107 Å². The van der Waals surface area contributed by atoms with E-state index < -0.39 is 0 Å². The first-order chi connectivity index (χ1) is 15.2. The molecule has 1 aliphatic rings. The highest BCUT2D eigenvalue weighted by atomic mass is 16.2. The van der Waals surface area contributed by atoms with Crippen LogP contribution in [0.5, 0.6) is 0 Å². The van der Waals surface area contributed by atoms with Gasteiger partial charge in [0.1, 0.15) is 0 Å². The average Bonchev–Trinajstić information content (AvgIpc) is 3.21. The Balaban J connectivity index is 1.50. The average molecular weight is 409 g/mol. The standard InChI is InChI=1S/C28H28N2O/c1-20(22-12-6-3-7-13-22)28-27-24(23-14-8-9-15-25(23)29-27)18-19-30(28)26(31)17-16-21-10-4-2-5-11-21/h2-15,20,28-29H,16-19H2,1H3. The molecule has 3 aromatic carbocycles. The van der Waals surface area contributed by atoms with Gasteiger partial charge in [0.15, 0.2) is 0 Å². The Morgan fingerprint density at radius 1 is 0.968 bits per heavy atom. The molecule has 1 aromatic heterocycles. The van der Waals surface area contributed by atoms with Crippen LogP contribution in [0.1, 0.15) is 47.7 Å². The lowest BCUT2D eigenvalue weighted by atomic mass is 9.85. The van der Waals surface area contributed by atoms with E-state index in [1.807, 2.05) is 24.3 Å². The van der Waals surface area contributed by atoms with Gasteiger partial charge < -0.3 is 9.88 Å². The number of aryl methyl sites for hydroxylation is 1. The fourth-order valence-electron chi connectivity index (χ4n) is 5.05. The molecule has 156 valence electrons. The Kier molecular flexibility index (Phi) is 5.33. The van der Waals surface area contributed by atoms with Gasteiger partial charge in [0.2, 0.25) is 5.91 Å². The molecule has 5 rings (SSSR count). The molecule has 31 heavy (non-hydrogen) atoms. The van der Waals surface area contributed by atoms with E-state index in [2.05, 4.69) is 77.5 Å². The number of rotatable bonds is 5. The van der Waals surface area contributed by atoms with Crippen LogP contribution < -0.4 is 0 Å². The van der Waals surface area contributed by atoms with Crippen LogP contribution >= 0.6 is 0 Å². The van der Waals surface area contributed by atoms with E-state index in [-0.39, 0.29) is 17.9 Å². The number of hydrogen-bond acceptors (Lipinski definition) is 1. The Hall–Kier alpha value is -3.33. The van der Waals surface area contributed by atoms with Gasteiger partial charge in [-0.3, -0.25) is 4.79 Å². The molecular weight excluding hydrogens is 380 g/mol. The van der Waals surface area contributed by atoms with Crippen molar-refractivity contribution >= 4 is 16.8 Å². The van der Waals surface area contributed by atoms with Crippen molar-refractivity contribution in [2.75, 3.05) is 6.54 Å². The van der Waals surface area contributed by atoms with Crippen LogP contribution in [0.25, 0.3) is 10.9 Å².